The van der Waals surface area contributed by atoms with E-state index in [1.165, 1.54) is 12.1 Å². The van der Waals surface area contributed by atoms with Gasteiger partial charge < -0.3 is 30.6 Å². The van der Waals surface area contributed by atoms with Crippen molar-refractivity contribution < 1.29 is 23.2 Å². The number of hydrogen-bond donors (Lipinski definition) is 4. The topological polar surface area (TPSA) is 116 Å². The molecule has 4 aromatic rings. The number of rotatable bonds is 10. The summed E-state index contributed by atoms with van der Waals surface area (Å²) in [6.45, 7) is 4.55. The van der Waals surface area contributed by atoms with Crippen LogP contribution in [0.4, 0.5) is 20.6 Å². The van der Waals surface area contributed by atoms with Crippen LogP contribution in [0.1, 0.15) is 43.6 Å². The number of nitrogens with one attached hydrogen (secondary N) is 4. The fourth-order valence-electron chi connectivity index (χ4n) is 5.49. The van der Waals surface area contributed by atoms with E-state index in [1.807, 2.05) is 74.5 Å². The van der Waals surface area contributed by atoms with E-state index in [0.717, 1.165) is 22.5 Å². The number of aryl methyl sites for hydroxylation is 1. The third-order valence-corrected chi connectivity index (χ3v) is 7.87. The number of benzene rings is 3. The summed E-state index contributed by atoms with van der Waals surface area (Å²) in [7, 11) is 1.56. The lowest BCUT2D eigenvalue weighted by Gasteiger charge is -2.29. The molecule has 0 radical (unpaired) electrons. The molecule has 9 nitrogen and oxygen atoms in total. The maximum Gasteiger partial charge on any atom is 0.318 e. The predicted molar refractivity (Wildman–Crippen MR) is 172 cm³/mol. The second kappa shape index (κ2) is 13.8. The predicted octanol–water partition coefficient (Wildman–Crippen LogP) is 5.76. The zero-order chi connectivity index (χ0) is 32.0. The highest BCUT2D eigenvalue weighted by molar-refractivity contribution is 6.00. The van der Waals surface area contributed by atoms with Crippen molar-refractivity contribution in [1.82, 2.24) is 16.0 Å². The first-order valence-corrected chi connectivity index (χ1v) is 15.0. The van der Waals surface area contributed by atoms with E-state index in [1.54, 1.807) is 24.3 Å². The van der Waals surface area contributed by atoms with Gasteiger partial charge in [0, 0.05) is 30.3 Å². The van der Waals surface area contributed by atoms with Gasteiger partial charge >= 0.3 is 6.03 Å². The number of amides is 4. The molecule has 234 valence electrons. The molecular formula is C35H38FN5O4. The number of carbonyl (C=O) groups is 3. The smallest absolute Gasteiger partial charge is 0.318 e. The number of halogens is 1. The Morgan fingerprint density at radius 2 is 1.80 bits per heavy atom. The summed E-state index contributed by atoms with van der Waals surface area (Å²) in [6, 6.07) is 22.2. The van der Waals surface area contributed by atoms with E-state index in [0.29, 0.717) is 36.3 Å². The average Bonchev–Trinajstić information content (AvgIpc) is 3.51. The standard InChI is InChI=1S/C35H38FN5O4/c1-35(2,38-21-27-7-6-18-45-27)20-32(42)39-30-16-14-25-19-26(36)15-17-31(25)41(33(30)43)22-23-10-12-24(13-11-23)28-8-4-5-9-29(28)40-34(44)37-3/h4-13,15,17-19,30,38H,14,16,20-22H2,1-3H3,(H,39,42)(H2,37,40,44)/t30-/m1/s1. The molecule has 1 aliphatic rings. The van der Waals surface area contributed by atoms with Gasteiger partial charge in [-0.05, 0) is 79.8 Å². The first-order chi connectivity index (χ1) is 21.6. The largest absolute Gasteiger partial charge is 0.468 e. The SMILES string of the molecule is CNC(=O)Nc1ccccc1-c1ccc(CN2C(=O)[C@H](NC(=O)CC(C)(C)NCc3ccco3)CCc3cc(F)ccc32)cc1. The van der Waals surface area contributed by atoms with Gasteiger partial charge in [-0.2, -0.15) is 0 Å². The van der Waals surface area contributed by atoms with Crippen LogP contribution >= 0.6 is 0 Å². The van der Waals surface area contributed by atoms with E-state index in [2.05, 4.69) is 21.3 Å². The Morgan fingerprint density at radius 3 is 2.53 bits per heavy atom. The minimum Gasteiger partial charge on any atom is -0.468 e. The van der Waals surface area contributed by atoms with Crippen molar-refractivity contribution in [2.24, 2.45) is 0 Å². The van der Waals surface area contributed by atoms with E-state index in [9.17, 15) is 18.8 Å². The number of carbonyl (C=O) groups excluding carboxylic acids is 3. The highest BCUT2D eigenvalue weighted by Crippen LogP contribution is 2.31. The summed E-state index contributed by atoms with van der Waals surface area (Å²) in [4.78, 5) is 40.7. The van der Waals surface area contributed by atoms with Crippen molar-refractivity contribution in [3.63, 3.8) is 0 Å². The van der Waals surface area contributed by atoms with Crippen LogP contribution in [-0.4, -0.2) is 36.5 Å². The summed E-state index contributed by atoms with van der Waals surface area (Å²) < 4.78 is 19.6. The molecule has 0 saturated heterocycles. The Morgan fingerprint density at radius 1 is 1.02 bits per heavy atom. The quantitative estimate of drug-likeness (QED) is 0.182. The van der Waals surface area contributed by atoms with Gasteiger partial charge in [-0.15, -0.1) is 0 Å². The molecule has 1 aliphatic heterocycles. The van der Waals surface area contributed by atoms with E-state index < -0.39 is 11.6 Å². The van der Waals surface area contributed by atoms with E-state index >= 15 is 0 Å². The molecule has 0 aliphatic carbocycles. The number of furan rings is 1. The molecular weight excluding hydrogens is 573 g/mol. The molecule has 0 fully saturated rings. The van der Waals surface area contributed by atoms with Crippen LogP contribution in [0.15, 0.2) is 89.5 Å². The van der Waals surface area contributed by atoms with Crippen molar-refractivity contribution >= 4 is 29.2 Å². The first kappa shape index (κ1) is 31.5. The second-order valence-corrected chi connectivity index (χ2v) is 11.8. The van der Waals surface area contributed by atoms with Gasteiger partial charge in [0.25, 0.3) is 0 Å². The molecule has 0 unspecified atom stereocenters. The second-order valence-electron chi connectivity index (χ2n) is 11.8. The van der Waals surface area contributed by atoms with Crippen LogP contribution in [0, 0.1) is 5.82 Å². The Labute approximate surface area is 262 Å². The van der Waals surface area contributed by atoms with Gasteiger partial charge in [0.05, 0.1) is 25.0 Å². The molecule has 45 heavy (non-hydrogen) atoms. The molecule has 3 aromatic carbocycles. The number of nitrogens with zero attached hydrogens (tertiary/aromatic N) is 1. The molecule has 2 heterocycles. The number of hydrogen-bond acceptors (Lipinski definition) is 5. The van der Waals surface area contributed by atoms with Crippen molar-refractivity contribution in [3.05, 3.63) is 108 Å². The Balaban J connectivity index is 1.32. The van der Waals surface area contributed by atoms with Gasteiger partial charge in [0.15, 0.2) is 0 Å². The minimum absolute atomic E-state index is 0.150. The maximum absolute atomic E-state index is 14.3. The molecule has 1 atom stereocenters. The summed E-state index contributed by atoms with van der Waals surface area (Å²) >= 11 is 0. The van der Waals surface area contributed by atoms with Crippen molar-refractivity contribution in [2.45, 2.75) is 57.8 Å². The summed E-state index contributed by atoms with van der Waals surface area (Å²) in [6.07, 6.45) is 2.54. The van der Waals surface area contributed by atoms with Gasteiger partial charge in [0.2, 0.25) is 11.8 Å². The van der Waals surface area contributed by atoms with Gasteiger partial charge in [-0.1, -0.05) is 42.5 Å². The Hall–Kier alpha value is -4.96. The normalized spacial score (nSPS) is 14.8. The number of anilines is 2. The fraction of sp³-hybridized carbons (Fsp3) is 0.286. The lowest BCUT2D eigenvalue weighted by atomic mass is 9.99. The number of urea groups is 1. The maximum atomic E-state index is 14.3. The minimum atomic E-state index is -0.768. The number of fused-ring (bicyclic) bond motifs is 1. The molecule has 0 bridgehead atoms. The summed E-state index contributed by atoms with van der Waals surface area (Å²) in [5.41, 5.74) is 4.06. The van der Waals surface area contributed by atoms with E-state index in [4.69, 9.17) is 4.42 Å². The summed E-state index contributed by atoms with van der Waals surface area (Å²) in [5, 5.41) is 11.7. The van der Waals surface area contributed by atoms with Gasteiger partial charge in [0.1, 0.15) is 17.6 Å². The molecule has 4 amide bonds. The van der Waals surface area contributed by atoms with Crippen LogP contribution in [0.5, 0.6) is 0 Å². The van der Waals surface area contributed by atoms with Crippen molar-refractivity contribution in [1.29, 1.82) is 0 Å². The first-order valence-electron chi connectivity index (χ1n) is 15.0. The van der Waals surface area contributed by atoms with Crippen LogP contribution in [-0.2, 0) is 29.1 Å². The van der Waals surface area contributed by atoms with E-state index in [-0.39, 0.29) is 36.6 Å². The monoisotopic (exact) mass is 611 g/mol. The highest BCUT2D eigenvalue weighted by Gasteiger charge is 2.33. The third-order valence-electron chi connectivity index (χ3n) is 7.87. The molecule has 0 saturated carbocycles. The van der Waals surface area contributed by atoms with Crippen LogP contribution < -0.4 is 26.2 Å². The van der Waals surface area contributed by atoms with Crippen LogP contribution in [0.2, 0.25) is 0 Å². The molecule has 5 rings (SSSR count). The molecule has 4 N–H and O–H groups in total. The van der Waals surface area contributed by atoms with Gasteiger partial charge in [-0.3, -0.25) is 9.59 Å². The van der Waals surface area contributed by atoms with Crippen molar-refractivity contribution in [2.75, 3.05) is 17.3 Å². The number of para-hydroxylation sites is 1. The Bertz CT molecular complexity index is 1650. The van der Waals surface area contributed by atoms with Crippen LogP contribution in [0.3, 0.4) is 0 Å². The summed E-state index contributed by atoms with van der Waals surface area (Å²) in [5.74, 6) is -0.114. The highest BCUT2D eigenvalue weighted by atomic mass is 19.1. The molecule has 1 aromatic heterocycles. The lowest BCUT2D eigenvalue weighted by molar-refractivity contribution is -0.128. The average molecular weight is 612 g/mol. The third kappa shape index (κ3) is 7.96. The molecule has 10 heteroatoms. The molecule has 0 spiro atoms. The lowest BCUT2D eigenvalue weighted by Crippen LogP contribution is -2.50. The van der Waals surface area contributed by atoms with Crippen molar-refractivity contribution in [3.8, 4) is 11.1 Å². The van der Waals surface area contributed by atoms with Crippen LogP contribution in [0.25, 0.3) is 11.1 Å². The fourth-order valence-corrected chi connectivity index (χ4v) is 5.49. The Kier molecular flexibility index (Phi) is 9.63. The zero-order valence-corrected chi connectivity index (χ0v) is 25.7. The zero-order valence-electron chi connectivity index (χ0n) is 25.7. The van der Waals surface area contributed by atoms with Gasteiger partial charge in [-0.25, -0.2) is 9.18 Å².